The maximum atomic E-state index is 9.29. The molecule has 54 heavy (non-hydrogen) atoms. The number of ether oxygens (including phenoxy) is 1. The van der Waals surface area contributed by atoms with Crippen LogP contribution in [0.1, 0.15) is 64.5 Å². The predicted octanol–water partition coefficient (Wildman–Crippen LogP) is 12.6. The Morgan fingerprint density at radius 1 is 0.630 bits per heavy atom. The summed E-state index contributed by atoms with van der Waals surface area (Å²) in [5, 5.41) is 4.34. The average Bonchev–Trinajstić information content (AvgIpc) is 3.69. The molecule has 5 nitrogen and oxygen atoms in total. The summed E-state index contributed by atoms with van der Waals surface area (Å²) >= 11 is 0. The molecular formula is C48H40N4OPt. The van der Waals surface area contributed by atoms with Crippen molar-refractivity contribution in [3.63, 3.8) is 0 Å². The molecular weight excluding hydrogens is 844 g/mol. The van der Waals surface area contributed by atoms with Gasteiger partial charge in [0.05, 0.1) is 16.7 Å². The predicted molar refractivity (Wildman–Crippen MR) is 218 cm³/mol. The van der Waals surface area contributed by atoms with Crippen molar-refractivity contribution < 1.29 is 28.5 Å². The Balaban J connectivity index is 0.00000441. The molecule has 0 fully saturated rings. The fraction of sp³-hybridized carbons (Fsp3) is 0.167. The van der Waals surface area contributed by atoms with E-state index in [1.165, 1.54) is 0 Å². The number of para-hydroxylation sites is 1. The van der Waals surface area contributed by atoms with Crippen molar-refractivity contribution in [3.05, 3.63) is 156 Å². The summed E-state index contributed by atoms with van der Waals surface area (Å²) in [5.41, 5.74) is 10.5. The van der Waals surface area contributed by atoms with Crippen LogP contribution in [0.2, 0.25) is 0 Å². The van der Waals surface area contributed by atoms with Crippen LogP contribution in [0.5, 0.6) is 11.5 Å². The molecule has 0 saturated carbocycles. The van der Waals surface area contributed by atoms with Crippen molar-refractivity contribution in [1.29, 1.82) is 0 Å². The van der Waals surface area contributed by atoms with E-state index < -0.39 is 11.8 Å². The van der Waals surface area contributed by atoms with Crippen LogP contribution in [0.3, 0.4) is 0 Å². The van der Waals surface area contributed by atoms with Crippen LogP contribution in [0, 0.1) is 26.0 Å². The molecule has 0 spiro atoms. The van der Waals surface area contributed by atoms with E-state index in [-0.39, 0.29) is 21.1 Å². The standard InChI is InChI=1S/C48H40N4O.Pt/c1-29(2)37-20-17-31(5)45-46-32(6)18-21-38(30(3)4)48(46)51(47(37)45)34-23-25-50-44(27-34)52-42-16-8-7-14-39(42)40-22-19-36(28-43(40)52)53-35-13-11-12-33(26-35)41-15-9-10-24-49-41;/h7-25,27,29-30H,1-6H3;/q-2;+2/i29D,30D;. The third-order valence-electron chi connectivity index (χ3n) is 10.2. The van der Waals surface area contributed by atoms with Gasteiger partial charge < -0.3 is 18.9 Å². The molecule has 4 heterocycles. The third kappa shape index (κ3) is 5.83. The molecule has 0 bridgehead atoms. The van der Waals surface area contributed by atoms with E-state index in [0.717, 1.165) is 88.6 Å². The molecule has 4 aromatic heterocycles. The van der Waals surface area contributed by atoms with Crippen LogP contribution < -0.4 is 4.74 Å². The second kappa shape index (κ2) is 14.0. The summed E-state index contributed by atoms with van der Waals surface area (Å²) in [7, 11) is 0. The molecule has 0 radical (unpaired) electrons. The van der Waals surface area contributed by atoms with Gasteiger partial charge >= 0.3 is 21.1 Å². The van der Waals surface area contributed by atoms with Crippen molar-refractivity contribution in [2.45, 2.75) is 53.3 Å². The minimum Gasteiger partial charge on any atom is -0.503 e. The van der Waals surface area contributed by atoms with Gasteiger partial charge in [0.25, 0.3) is 0 Å². The number of rotatable bonds is 7. The quantitative estimate of drug-likeness (QED) is 0.150. The van der Waals surface area contributed by atoms with Crippen LogP contribution >= 0.6 is 0 Å². The Labute approximate surface area is 333 Å². The zero-order chi connectivity index (χ0) is 38.2. The van der Waals surface area contributed by atoms with E-state index in [4.69, 9.17) is 9.72 Å². The molecule has 0 aliphatic rings. The Bertz CT molecular complexity index is 2880. The molecule has 0 aliphatic heterocycles. The van der Waals surface area contributed by atoms with Crippen molar-refractivity contribution >= 4 is 43.6 Å². The SMILES string of the molecule is [2H]C(C)(C)c1ccc(C)c2c3c(C)ccc(C([2H])(C)C)c3n(-c3ccnc(-n4c5[c-]c(Oc6[c-]c(-c7ccccn7)ccc6)ccc5c5ccccc54)c3)c12.[Pt+2]. The Morgan fingerprint density at radius 3 is 2.00 bits per heavy atom. The first kappa shape index (κ1) is 33.1. The van der Waals surface area contributed by atoms with Gasteiger partial charge in [0.1, 0.15) is 5.82 Å². The largest absolute Gasteiger partial charge is 2.00 e. The molecule has 0 atom stereocenters. The zero-order valence-electron chi connectivity index (χ0n) is 33.1. The van der Waals surface area contributed by atoms with E-state index >= 15 is 0 Å². The van der Waals surface area contributed by atoms with Crippen LogP contribution in [-0.4, -0.2) is 19.1 Å². The van der Waals surface area contributed by atoms with E-state index in [1.807, 2.05) is 88.5 Å². The molecule has 0 N–H and O–H groups in total. The van der Waals surface area contributed by atoms with Gasteiger partial charge in [0.2, 0.25) is 0 Å². The van der Waals surface area contributed by atoms with E-state index in [2.05, 4.69) is 94.7 Å². The fourth-order valence-electron chi connectivity index (χ4n) is 7.79. The number of fused-ring (bicyclic) bond motifs is 6. The number of aryl methyl sites for hydroxylation is 2. The molecule has 0 amide bonds. The number of hydrogen-bond acceptors (Lipinski definition) is 3. The van der Waals surface area contributed by atoms with Gasteiger partial charge in [-0.15, -0.1) is 41.3 Å². The average molecular weight is 886 g/mol. The molecule has 9 aromatic rings. The summed E-state index contributed by atoms with van der Waals surface area (Å²) in [6.07, 6.45) is 3.62. The van der Waals surface area contributed by atoms with Gasteiger partial charge in [-0.25, -0.2) is 4.98 Å². The van der Waals surface area contributed by atoms with Gasteiger partial charge in [-0.2, -0.15) is 6.07 Å². The molecule has 0 unspecified atom stereocenters. The Morgan fingerprint density at radius 2 is 1.31 bits per heavy atom. The zero-order valence-corrected chi connectivity index (χ0v) is 33.3. The molecule has 268 valence electrons. The Kier molecular flexibility index (Phi) is 8.60. The number of nitrogens with zero attached hydrogens (tertiary/aromatic N) is 4. The summed E-state index contributed by atoms with van der Waals surface area (Å²) in [6.45, 7) is 12.1. The first-order valence-electron chi connectivity index (χ1n) is 19.0. The van der Waals surface area contributed by atoms with Crippen molar-refractivity contribution in [2.75, 3.05) is 0 Å². The second-order valence-electron chi connectivity index (χ2n) is 14.2. The van der Waals surface area contributed by atoms with Gasteiger partial charge in [-0.1, -0.05) is 93.9 Å². The number of pyridine rings is 2. The summed E-state index contributed by atoms with van der Waals surface area (Å²) in [4.78, 5) is 9.47. The second-order valence-corrected chi connectivity index (χ2v) is 14.2. The third-order valence-corrected chi connectivity index (χ3v) is 10.2. The maximum absolute atomic E-state index is 9.29. The number of benzene rings is 5. The van der Waals surface area contributed by atoms with E-state index in [1.54, 1.807) is 6.20 Å². The minimum absolute atomic E-state index is 0. The normalized spacial score (nSPS) is 12.6. The molecule has 5 aromatic carbocycles. The topological polar surface area (TPSA) is 44.9 Å². The van der Waals surface area contributed by atoms with Crippen LogP contribution in [0.4, 0.5) is 0 Å². The van der Waals surface area contributed by atoms with Crippen LogP contribution in [0.25, 0.3) is 66.4 Å². The van der Waals surface area contributed by atoms with Gasteiger partial charge in [-0.3, -0.25) is 0 Å². The summed E-state index contributed by atoms with van der Waals surface area (Å²) < 4.78 is 29.4. The maximum Gasteiger partial charge on any atom is 2.00 e. The summed E-state index contributed by atoms with van der Waals surface area (Å²) in [5.74, 6) is 0.0746. The van der Waals surface area contributed by atoms with Crippen molar-refractivity contribution in [1.82, 2.24) is 19.1 Å². The molecule has 9 rings (SSSR count). The number of aromatic nitrogens is 4. The smallest absolute Gasteiger partial charge is 0.503 e. The molecule has 0 saturated heterocycles. The van der Waals surface area contributed by atoms with Crippen LogP contribution in [-0.2, 0) is 21.1 Å². The van der Waals surface area contributed by atoms with E-state index in [9.17, 15) is 2.74 Å². The first-order chi connectivity index (χ1) is 26.4. The van der Waals surface area contributed by atoms with Crippen molar-refractivity contribution in [3.8, 4) is 34.3 Å². The first-order valence-corrected chi connectivity index (χ1v) is 18.0. The van der Waals surface area contributed by atoms with Gasteiger partial charge in [-0.05, 0) is 77.2 Å². The van der Waals surface area contributed by atoms with Gasteiger partial charge in [0.15, 0.2) is 0 Å². The van der Waals surface area contributed by atoms with Crippen molar-refractivity contribution in [2.24, 2.45) is 0 Å². The number of hydrogen-bond donors (Lipinski definition) is 0. The fourth-order valence-corrected chi connectivity index (χ4v) is 7.79. The van der Waals surface area contributed by atoms with E-state index in [0.29, 0.717) is 11.5 Å². The van der Waals surface area contributed by atoms with Gasteiger partial charge in [0, 0.05) is 49.0 Å². The monoisotopic (exact) mass is 885 g/mol. The van der Waals surface area contributed by atoms with Crippen LogP contribution in [0.15, 0.2) is 122 Å². The minimum atomic E-state index is -0.884. The molecule has 6 heteroatoms. The summed E-state index contributed by atoms with van der Waals surface area (Å²) in [6, 6.07) is 43.5. The molecule has 0 aliphatic carbocycles. The Hall–Kier alpha value is -5.51.